The minimum Gasteiger partial charge on any atom is -0.508 e. The van der Waals surface area contributed by atoms with Crippen molar-refractivity contribution in [2.75, 3.05) is 0 Å². The van der Waals surface area contributed by atoms with Crippen LogP contribution in [0.25, 0.3) is 0 Å². The second kappa shape index (κ2) is 13.0. The van der Waals surface area contributed by atoms with Gasteiger partial charge in [0.2, 0.25) is 0 Å². The fraction of sp³-hybridized carbons (Fsp3) is 0. The number of carbonyl (C=O) groups excluding carboxylic acids is 4. The van der Waals surface area contributed by atoms with Gasteiger partial charge in [0, 0.05) is 6.07 Å². The van der Waals surface area contributed by atoms with Crippen LogP contribution in [0.2, 0.25) is 0 Å². The molecule has 10 heteroatoms. The van der Waals surface area contributed by atoms with E-state index in [1.807, 2.05) is 0 Å². The van der Waals surface area contributed by atoms with Crippen molar-refractivity contribution in [3.05, 3.63) is 144 Å². The molecule has 0 aliphatic rings. The number of phenols is 2. The molecule has 0 atom stereocenters. The third-order valence-corrected chi connectivity index (χ3v) is 5.95. The maximum absolute atomic E-state index is 12.8. The predicted octanol–water partition coefficient (Wildman–Crippen LogP) is 5.97. The molecule has 0 heterocycles. The number of ether oxygens (including phenoxy) is 4. The minimum atomic E-state index is -0.759. The van der Waals surface area contributed by atoms with Crippen LogP contribution in [-0.2, 0) is 0 Å². The van der Waals surface area contributed by atoms with Crippen molar-refractivity contribution in [2.24, 2.45) is 0 Å². The third kappa shape index (κ3) is 7.45. The smallest absolute Gasteiger partial charge is 0.343 e. The lowest BCUT2D eigenvalue weighted by atomic mass is 10.2. The number of phenolic OH excluding ortho intramolecular Hbond substituents is 2. The maximum Gasteiger partial charge on any atom is 0.343 e. The molecule has 0 spiro atoms. The lowest BCUT2D eigenvalue weighted by molar-refractivity contribution is 0.0708. The van der Waals surface area contributed by atoms with E-state index in [4.69, 9.17) is 18.9 Å². The summed E-state index contributed by atoms with van der Waals surface area (Å²) in [4.78, 5) is 50.4. The first-order valence-electron chi connectivity index (χ1n) is 13.0. The van der Waals surface area contributed by atoms with Crippen molar-refractivity contribution in [3.8, 4) is 34.5 Å². The topological polar surface area (TPSA) is 146 Å². The molecule has 0 radical (unpaired) electrons. The van der Waals surface area contributed by atoms with Gasteiger partial charge >= 0.3 is 23.9 Å². The van der Waals surface area contributed by atoms with Gasteiger partial charge in [0.25, 0.3) is 0 Å². The molecule has 218 valence electrons. The summed E-state index contributed by atoms with van der Waals surface area (Å²) in [5.41, 5.74) is 0.437. The lowest BCUT2D eigenvalue weighted by Gasteiger charge is -2.10. The number of rotatable bonds is 8. The van der Waals surface area contributed by atoms with Crippen LogP contribution in [0.4, 0.5) is 0 Å². The second-order valence-electron chi connectivity index (χ2n) is 9.19. The Morgan fingerprint density at radius 1 is 0.364 bits per heavy atom. The van der Waals surface area contributed by atoms with Crippen molar-refractivity contribution in [3.63, 3.8) is 0 Å². The van der Waals surface area contributed by atoms with Crippen molar-refractivity contribution in [1.82, 2.24) is 0 Å². The van der Waals surface area contributed by atoms with Crippen LogP contribution < -0.4 is 18.9 Å². The average molecular weight is 591 g/mol. The Morgan fingerprint density at radius 3 is 0.977 bits per heavy atom. The van der Waals surface area contributed by atoms with Crippen molar-refractivity contribution in [2.45, 2.75) is 0 Å². The van der Waals surface area contributed by atoms with Gasteiger partial charge in [-0.1, -0.05) is 30.3 Å². The quantitative estimate of drug-likeness (QED) is 0.164. The lowest BCUT2D eigenvalue weighted by Crippen LogP contribution is -2.12. The van der Waals surface area contributed by atoms with Crippen LogP contribution in [0.15, 0.2) is 121 Å². The minimum absolute atomic E-state index is 0.0799. The van der Waals surface area contributed by atoms with Crippen LogP contribution in [-0.4, -0.2) is 34.1 Å². The van der Waals surface area contributed by atoms with Gasteiger partial charge in [0.05, 0.1) is 22.3 Å². The second-order valence-corrected chi connectivity index (χ2v) is 9.19. The molecule has 0 amide bonds. The molecule has 10 nitrogen and oxygen atoms in total. The molecular weight excluding hydrogens is 568 g/mol. The first-order valence-corrected chi connectivity index (χ1v) is 13.0. The van der Waals surface area contributed by atoms with E-state index in [1.54, 1.807) is 0 Å². The largest absolute Gasteiger partial charge is 0.508 e. The molecule has 0 unspecified atom stereocenters. The number of aromatic hydroxyl groups is 2. The zero-order valence-corrected chi connectivity index (χ0v) is 22.7. The summed E-state index contributed by atoms with van der Waals surface area (Å²) in [6.45, 7) is 0. The van der Waals surface area contributed by atoms with Gasteiger partial charge < -0.3 is 29.2 Å². The molecule has 0 saturated heterocycles. The number of benzene rings is 5. The summed E-state index contributed by atoms with van der Waals surface area (Å²) >= 11 is 0. The van der Waals surface area contributed by atoms with Gasteiger partial charge in [-0.25, -0.2) is 19.2 Å². The summed E-state index contributed by atoms with van der Waals surface area (Å²) < 4.78 is 21.5. The SMILES string of the molecule is O=C(Oc1cccc(C(=O)Oc2cccc(OC(=O)c3cccc(OC(=O)c4cccc(O)c4)c3)c2)c1)c1cccc(O)c1. The van der Waals surface area contributed by atoms with Gasteiger partial charge in [-0.05, 0) is 84.9 Å². The van der Waals surface area contributed by atoms with E-state index in [9.17, 15) is 29.4 Å². The molecule has 5 aromatic carbocycles. The van der Waals surface area contributed by atoms with Gasteiger partial charge in [-0.2, -0.15) is 0 Å². The molecule has 0 fully saturated rings. The predicted molar refractivity (Wildman–Crippen MR) is 155 cm³/mol. The van der Waals surface area contributed by atoms with Crippen molar-refractivity contribution >= 4 is 23.9 Å². The van der Waals surface area contributed by atoms with E-state index in [-0.39, 0.29) is 56.8 Å². The molecule has 5 rings (SSSR count). The highest BCUT2D eigenvalue weighted by molar-refractivity contribution is 5.95. The first kappa shape index (κ1) is 29.1. The van der Waals surface area contributed by atoms with E-state index in [1.165, 1.54) is 121 Å². The van der Waals surface area contributed by atoms with Gasteiger partial charge in [-0.3, -0.25) is 0 Å². The van der Waals surface area contributed by atoms with E-state index in [0.717, 1.165) is 0 Å². The van der Waals surface area contributed by atoms with Crippen LogP contribution in [0, 0.1) is 0 Å². The average Bonchev–Trinajstić information content (AvgIpc) is 3.01. The van der Waals surface area contributed by atoms with Crippen LogP contribution >= 0.6 is 0 Å². The molecule has 5 aromatic rings. The van der Waals surface area contributed by atoms with E-state index >= 15 is 0 Å². The highest BCUT2D eigenvalue weighted by atomic mass is 16.6. The zero-order valence-electron chi connectivity index (χ0n) is 22.7. The zero-order chi connectivity index (χ0) is 31.1. The molecule has 0 aliphatic carbocycles. The summed E-state index contributed by atoms with van der Waals surface area (Å²) in [6.07, 6.45) is 0. The molecule has 2 N–H and O–H groups in total. The summed E-state index contributed by atoms with van der Waals surface area (Å²) in [5, 5.41) is 19.1. The Morgan fingerprint density at radius 2 is 0.636 bits per heavy atom. The maximum atomic E-state index is 12.8. The number of hydrogen-bond donors (Lipinski definition) is 2. The summed E-state index contributed by atoms with van der Waals surface area (Å²) in [6, 6.07) is 28.7. The van der Waals surface area contributed by atoms with Crippen molar-refractivity contribution in [1.29, 1.82) is 0 Å². The van der Waals surface area contributed by atoms with Gasteiger partial charge in [-0.15, -0.1) is 0 Å². The molecular formula is C34H22O10. The molecule has 0 aliphatic heterocycles. The van der Waals surface area contributed by atoms with E-state index in [0.29, 0.717) is 0 Å². The normalized spacial score (nSPS) is 10.4. The molecule has 44 heavy (non-hydrogen) atoms. The number of hydrogen-bond acceptors (Lipinski definition) is 10. The fourth-order valence-corrected chi connectivity index (χ4v) is 3.90. The molecule has 0 bridgehead atoms. The number of esters is 4. The van der Waals surface area contributed by atoms with Crippen LogP contribution in [0.5, 0.6) is 34.5 Å². The Hall–Kier alpha value is -6.42. The van der Waals surface area contributed by atoms with Gasteiger partial charge in [0.15, 0.2) is 0 Å². The standard InChI is InChI=1S/C34H22O10/c35-25-10-1-6-21(16-25)31(37)41-27-12-3-8-23(18-27)33(39)43-29-14-5-15-30(20-29)44-34(40)24-9-4-13-28(19-24)42-32(38)22-7-2-11-26(36)17-22/h1-20,35-36H. The Balaban J connectivity index is 1.21. The fourth-order valence-electron chi connectivity index (χ4n) is 3.90. The third-order valence-electron chi connectivity index (χ3n) is 5.95. The van der Waals surface area contributed by atoms with Gasteiger partial charge in [0.1, 0.15) is 34.5 Å². The van der Waals surface area contributed by atoms with E-state index in [2.05, 4.69) is 0 Å². The summed E-state index contributed by atoms with van der Waals surface area (Å²) in [7, 11) is 0. The van der Waals surface area contributed by atoms with Crippen LogP contribution in [0.3, 0.4) is 0 Å². The summed E-state index contributed by atoms with van der Waals surface area (Å²) in [5.74, 6) is -2.81. The Labute approximate surface area is 250 Å². The molecule has 0 aromatic heterocycles. The highest BCUT2D eigenvalue weighted by Crippen LogP contribution is 2.24. The Kier molecular flexibility index (Phi) is 8.62. The highest BCUT2D eigenvalue weighted by Gasteiger charge is 2.16. The first-order chi connectivity index (χ1) is 21.2. The Bertz CT molecular complexity index is 1750. The number of carbonyl (C=O) groups is 4. The van der Waals surface area contributed by atoms with Crippen molar-refractivity contribution < 1.29 is 48.3 Å². The van der Waals surface area contributed by atoms with Crippen LogP contribution in [0.1, 0.15) is 41.4 Å². The monoisotopic (exact) mass is 590 g/mol. The van der Waals surface area contributed by atoms with E-state index < -0.39 is 23.9 Å². The molecule has 0 saturated carbocycles.